The number of rotatable bonds is 6. The van der Waals surface area contributed by atoms with Crippen LogP contribution in [0, 0.1) is 5.92 Å². The molecule has 0 saturated heterocycles. The Labute approximate surface area is 165 Å². The molecule has 0 aliphatic heterocycles. The van der Waals surface area contributed by atoms with Crippen LogP contribution >= 0.6 is 11.3 Å². The summed E-state index contributed by atoms with van der Waals surface area (Å²) in [5.74, 6) is -2.39. The van der Waals surface area contributed by atoms with E-state index in [4.69, 9.17) is 4.18 Å². The quantitative estimate of drug-likeness (QED) is 0.611. The summed E-state index contributed by atoms with van der Waals surface area (Å²) in [5.41, 5.74) is 0.802. The number of halogens is 3. The van der Waals surface area contributed by atoms with E-state index in [2.05, 4.69) is 0 Å². The SMILES string of the molecule is CCC(CCS(=O)(=O)Oc1ccc2c(=O)c3c(sc2c1)CCCC3)C(F)(F)F. The number of aryl methyl sites for hydroxylation is 1. The van der Waals surface area contributed by atoms with Crippen LogP contribution in [0.3, 0.4) is 0 Å². The molecule has 1 aliphatic carbocycles. The van der Waals surface area contributed by atoms with E-state index >= 15 is 0 Å². The molecule has 154 valence electrons. The highest BCUT2D eigenvalue weighted by atomic mass is 32.2. The van der Waals surface area contributed by atoms with Crippen LogP contribution in [-0.2, 0) is 23.0 Å². The second-order valence-electron chi connectivity index (χ2n) is 6.98. The number of hydrogen-bond donors (Lipinski definition) is 0. The summed E-state index contributed by atoms with van der Waals surface area (Å²) in [6.07, 6.45) is -1.59. The molecule has 1 aromatic carbocycles. The summed E-state index contributed by atoms with van der Waals surface area (Å²) in [6.45, 7) is 1.37. The molecule has 1 heterocycles. The van der Waals surface area contributed by atoms with Gasteiger partial charge in [-0.3, -0.25) is 4.79 Å². The van der Waals surface area contributed by atoms with Gasteiger partial charge in [0.25, 0.3) is 0 Å². The minimum atomic E-state index is -4.43. The van der Waals surface area contributed by atoms with Crippen LogP contribution in [-0.4, -0.2) is 20.3 Å². The minimum absolute atomic E-state index is 0.0129. The van der Waals surface area contributed by atoms with Gasteiger partial charge in [0.2, 0.25) is 0 Å². The van der Waals surface area contributed by atoms with E-state index in [1.54, 1.807) is 0 Å². The van der Waals surface area contributed by atoms with Gasteiger partial charge in [-0.2, -0.15) is 21.6 Å². The fraction of sp³-hybridized carbons (Fsp3) is 0.526. The van der Waals surface area contributed by atoms with Crippen molar-refractivity contribution in [2.45, 2.75) is 51.6 Å². The summed E-state index contributed by atoms with van der Waals surface area (Å²) >= 11 is 1.45. The molecule has 1 aliphatic rings. The number of hydrogen-bond acceptors (Lipinski definition) is 5. The number of benzene rings is 1. The van der Waals surface area contributed by atoms with Crippen LogP contribution in [0.1, 0.15) is 43.0 Å². The first-order chi connectivity index (χ1) is 13.1. The Bertz CT molecular complexity index is 1030. The molecule has 1 aromatic heterocycles. The predicted molar refractivity (Wildman–Crippen MR) is 104 cm³/mol. The van der Waals surface area contributed by atoms with Crippen LogP contribution in [0.15, 0.2) is 23.0 Å². The van der Waals surface area contributed by atoms with Gasteiger partial charge in [-0.1, -0.05) is 6.92 Å². The van der Waals surface area contributed by atoms with Crippen molar-refractivity contribution < 1.29 is 25.8 Å². The van der Waals surface area contributed by atoms with Crippen molar-refractivity contribution in [1.82, 2.24) is 0 Å². The van der Waals surface area contributed by atoms with Crippen LogP contribution in [0.2, 0.25) is 0 Å². The Kier molecular flexibility index (Phi) is 6.05. The van der Waals surface area contributed by atoms with E-state index in [0.717, 1.165) is 36.1 Å². The average molecular weight is 435 g/mol. The maximum absolute atomic E-state index is 12.8. The molecule has 28 heavy (non-hydrogen) atoms. The zero-order chi connectivity index (χ0) is 20.5. The summed E-state index contributed by atoms with van der Waals surface area (Å²) < 4.78 is 68.3. The summed E-state index contributed by atoms with van der Waals surface area (Å²) in [4.78, 5) is 13.6. The van der Waals surface area contributed by atoms with Gasteiger partial charge in [0.05, 0.1) is 11.7 Å². The van der Waals surface area contributed by atoms with E-state index in [1.165, 1.54) is 36.5 Å². The number of alkyl halides is 3. The van der Waals surface area contributed by atoms with Gasteiger partial charge in [-0.05, 0) is 56.7 Å². The van der Waals surface area contributed by atoms with E-state index in [0.29, 0.717) is 10.1 Å². The Hall–Kier alpha value is -1.61. The third-order valence-electron chi connectivity index (χ3n) is 5.02. The van der Waals surface area contributed by atoms with Crippen LogP contribution in [0.25, 0.3) is 10.1 Å². The lowest BCUT2D eigenvalue weighted by atomic mass is 9.97. The number of fused-ring (bicyclic) bond motifs is 2. The van der Waals surface area contributed by atoms with Gasteiger partial charge >= 0.3 is 16.3 Å². The molecule has 0 fully saturated rings. The minimum Gasteiger partial charge on any atom is -0.382 e. The molecular formula is C19H21F3O4S2. The zero-order valence-corrected chi connectivity index (χ0v) is 17.0. The van der Waals surface area contributed by atoms with Crippen molar-refractivity contribution in [3.05, 3.63) is 38.9 Å². The summed E-state index contributed by atoms with van der Waals surface area (Å²) in [6, 6.07) is 4.39. The van der Waals surface area contributed by atoms with Gasteiger partial charge < -0.3 is 4.18 Å². The van der Waals surface area contributed by atoms with Crippen molar-refractivity contribution in [2.24, 2.45) is 5.92 Å². The Morgan fingerprint density at radius 1 is 1.21 bits per heavy atom. The molecule has 0 amide bonds. The fourth-order valence-electron chi connectivity index (χ4n) is 3.43. The van der Waals surface area contributed by atoms with Gasteiger partial charge in [0.1, 0.15) is 5.75 Å². The summed E-state index contributed by atoms with van der Waals surface area (Å²) in [7, 11) is -4.17. The third kappa shape index (κ3) is 4.68. The highest BCUT2D eigenvalue weighted by Crippen LogP contribution is 2.33. The van der Waals surface area contributed by atoms with E-state index in [-0.39, 0.29) is 17.6 Å². The molecule has 0 saturated carbocycles. The topological polar surface area (TPSA) is 60.4 Å². The fourth-order valence-corrected chi connectivity index (χ4v) is 5.76. The van der Waals surface area contributed by atoms with E-state index < -0.39 is 34.4 Å². The van der Waals surface area contributed by atoms with Crippen molar-refractivity contribution in [2.75, 3.05) is 5.75 Å². The monoisotopic (exact) mass is 434 g/mol. The average Bonchev–Trinajstić information content (AvgIpc) is 2.60. The van der Waals surface area contributed by atoms with Gasteiger partial charge in [0, 0.05) is 20.5 Å². The third-order valence-corrected chi connectivity index (χ3v) is 7.45. The van der Waals surface area contributed by atoms with Crippen molar-refractivity contribution in [1.29, 1.82) is 0 Å². The van der Waals surface area contributed by atoms with E-state index in [9.17, 15) is 26.4 Å². The lowest BCUT2D eigenvalue weighted by Gasteiger charge is -2.18. The Balaban J connectivity index is 1.81. The van der Waals surface area contributed by atoms with Crippen molar-refractivity contribution in [3.8, 4) is 5.75 Å². The first-order valence-corrected chi connectivity index (χ1v) is 11.6. The maximum Gasteiger partial charge on any atom is 0.391 e. The van der Waals surface area contributed by atoms with Crippen molar-refractivity contribution in [3.63, 3.8) is 0 Å². The Morgan fingerprint density at radius 3 is 2.61 bits per heavy atom. The molecule has 4 nitrogen and oxygen atoms in total. The highest BCUT2D eigenvalue weighted by molar-refractivity contribution is 7.87. The molecule has 0 bridgehead atoms. The first kappa shape index (κ1) is 21.1. The van der Waals surface area contributed by atoms with Gasteiger partial charge in [-0.25, -0.2) is 0 Å². The Morgan fingerprint density at radius 2 is 1.93 bits per heavy atom. The second kappa shape index (κ2) is 8.02. The molecule has 0 spiro atoms. The molecule has 0 N–H and O–H groups in total. The lowest BCUT2D eigenvalue weighted by molar-refractivity contribution is -0.175. The molecule has 0 radical (unpaired) electrons. The smallest absolute Gasteiger partial charge is 0.382 e. The summed E-state index contributed by atoms with van der Waals surface area (Å²) in [5, 5.41) is 0.513. The largest absolute Gasteiger partial charge is 0.391 e. The first-order valence-electron chi connectivity index (χ1n) is 9.18. The van der Waals surface area contributed by atoms with E-state index in [1.807, 2.05) is 0 Å². The molecule has 3 rings (SSSR count). The lowest BCUT2D eigenvalue weighted by Crippen LogP contribution is -2.26. The predicted octanol–water partition coefficient (Wildman–Crippen LogP) is 4.83. The maximum atomic E-state index is 12.8. The molecular weight excluding hydrogens is 413 g/mol. The second-order valence-corrected chi connectivity index (χ2v) is 9.81. The van der Waals surface area contributed by atoms with Gasteiger partial charge in [-0.15, -0.1) is 11.3 Å². The normalized spacial score (nSPS) is 16.0. The zero-order valence-electron chi connectivity index (χ0n) is 15.3. The standard InChI is InChI=1S/C19H21F3O4S2/c1-2-12(19(20,21)22)9-10-28(24,25)26-13-7-8-15-17(11-13)27-16-6-4-3-5-14(16)18(15)23/h7-8,11-12H,2-6,9-10H2,1H3. The van der Waals surface area contributed by atoms with Crippen molar-refractivity contribution >= 4 is 31.5 Å². The highest BCUT2D eigenvalue weighted by Gasteiger charge is 2.38. The molecule has 9 heteroatoms. The van der Waals surface area contributed by atoms with Crippen LogP contribution in [0.5, 0.6) is 5.75 Å². The van der Waals surface area contributed by atoms with Crippen LogP contribution in [0.4, 0.5) is 13.2 Å². The van der Waals surface area contributed by atoms with Gasteiger partial charge in [0.15, 0.2) is 5.43 Å². The van der Waals surface area contributed by atoms with Crippen LogP contribution < -0.4 is 9.61 Å². The molecule has 1 unspecified atom stereocenters. The molecule has 1 atom stereocenters. The molecule has 2 aromatic rings.